The minimum absolute atomic E-state index is 0.149. The van der Waals surface area contributed by atoms with Crippen LogP contribution in [0.4, 0.5) is 10.2 Å². The summed E-state index contributed by atoms with van der Waals surface area (Å²) >= 11 is 0. The number of para-hydroxylation sites is 1. The SMILES string of the molecule is CC(C)OC(=O)[C@@H](C)N[P@](=O)(OC[C@H]1O[C@@H](n2cc(F)c(N)nc2=O)[C@](C)(O)[C@@H]1O)Oc1ccccc1. The average Bonchev–Trinajstić information content (AvgIpc) is 3.03. The Hall–Kier alpha value is -2.87. The number of aromatic nitrogens is 2. The standard InChI is InChI=1S/C22H30FN4O9P/c1-12(2)34-19(29)13(3)26-37(32,36-14-8-6-5-7-9-14)33-11-16-17(28)22(4,31)20(35-16)27-10-15(23)18(24)25-21(27)30/h5-10,12-13,16-17,20,28,31H,11H2,1-4H3,(H,26,32)(H2,24,25,30)/t13-,16-,17-,20-,22-,37+/m1/s1. The van der Waals surface area contributed by atoms with Crippen molar-refractivity contribution in [1.29, 1.82) is 0 Å². The van der Waals surface area contributed by atoms with Gasteiger partial charge in [-0.2, -0.15) is 10.1 Å². The van der Waals surface area contributed by atoms with Crippen molar-refractivity contribution in [3.8, 4) is 5.75 Å². The molecule has 1 fully saturated rings. The molecule has 3 rings (SSSR count). The first kappa shape index (κ1) is 28.7. The van der Waals surface area contributed by atoms with Gasteiger partial charge in [-0.3, -0.25) is 13.9 Å². The Labute approximate surface area is 211 Å². The summed E-state index contributed by atoms with van der Waals surface area (Å²) in [4.78, 5) is 27.8. The van der Waals surface area contributed by atoms with Gasteiger partial charge in [-0.15, -0.1) is 0 Å². The molecule has 5 N–H and O–H groups in total. The predicted molar refractivity (Wildman–Crippen MR) is 128 cm³/mol. The van der Waals surface area contributed by atoms with Crippen LogP contribution in [0.15, 0.2) is 41.3 Å². The second kappa shape index (κ2) is 11.3. The summed E-state index contributed by atoms with van der Waals surface area (Å²) in [5.41, 5.74) is 2.15. The predicted octanol–water partition coefficient (Wildman–Crippen LogP) is 1.11. The number of nitrogens with zero attached hydrogens (tertiary/aromatic N) is 2. The number of esters is 1. The van der Waals surface area contributed by atoms with E-state index in [0.717, 1.165) is 6.92 Å². The summed E-state index contributed by atoms with van der Waals surface area (Å²) in [6.45, 7) is 5.22. The molecule has 204 valence electrons. The number of halogens is 1. The Morgan fingerprint density at radius 2 is 2.00 bits per heavy atom. The number of aliphatic hydroxyl groups is 2. The van der Waals surface area contributed by atoms with Gasteiger partial charge >= 0.3 is 19.4 Å². The van der Waals surface area contributed by atoms with Crippen LogP contribution in [0.2, 0.25) is 0 Å². The topological polar surface area (TPSA) is 184 Å². The Balaban J connectivity index is 1.81. The fourth-order valence-electron chi connectivity index (χ4n) is 3.51. The summed E-state index contributed by atoms with van der Waals surface area (Å²) in [5.74, 6) is -2.25. The van der Waals surface area contributed by atoms with Gasteiger partial charge in [0.05, 0.1) is 18.9 Å². The summed E-state index contributed by atoms with van der Waals surface area (Å²) in [7, 11) is -4.31. The molecule has 1 aromatic carbocycles. The molecule has 1 aliphatic heterocycles. The number of nitrogens with two attached hydrogens (primary N) is 1. The highest BCUT2D eigenvalue weighted by Gasteiger charge is 2.54. The van der Waals surface area contributed by atoms with Crippen LogP contribution in [-0.4, -0.2) is 62.3 Å². The van der Waals surface area contributed by atoms with E-state index in [-0.39, 0.29) is 5.75 Å². The lowest BCUT2D eigenvalue weighted by molar-refractivity contribution is -0.149. The molecule has 0 bridgehead atoms. The number of benzene rings is 1. The van der Waals surface area contributed by atoms with Crippen molar-refractivity contribution in [2.75, 3.05) is 12.3 Å². The molecule has 0 radical (unpaired) electrons. The number of carbonyl (C=O) groups is 1. The van der Waals surface area contributed by atoms with Crippen molar-refractivity contribution in [3.05, 3.63) is 52.8 Å². The number of anilines is 1. The number of aliphatic hydroxyl groups excluding tert-OH is 1. The third kappa shape index (κ3) is 6.72. The Morgan fingerprint density at radius 3 is 2.62 bits per heavy atom. The molecule has 1 saturated heterocycles. The number of nitrogens with one attached hydrogen (secondary N) is 1. The first-order chi connectivity index (χ1) is 17.2. The van der Waals surface area contributed by atoms with E-state index in [1.807, 2.05) is 0 Å². The van der Waals surface area contributed by atoms with Gasteiger partial charge in [0.1, 0.15) is 29.6 Å². The van der Waals surface area contributed by atoms with Gasteiger partial charge in [0.15, 0.2) is 17.9 Å². The lowest BCUT2D eigenvalue weighted by atomic mass is 9.96. The number of carbonyl (C=O) groups excluding carboxylic acids is 1. The fourth-order valence-corrected chi connectivity index (χ4v) is 5.01. The van der Waals surface area contributed by atoms with Gasteiger partial charge in [-0.1, -0.05) is 18.2 Å². The molecular formula is C22H30FN4O9P. The molecule has 0 amide bonds. The number of rotatable bonds is 10. The molecule has 0 unspecified atom stereocenters. The third-order valence-corrected chi connectivity index (χ3v) is 7.02. The first-order valence-corrected chi connectivity index (χ1v) is 12.9. The Kier molecular flexibility index (Phi) is 8.73. The normalized spacial score (nSPS) is 26.0. The second-order valence-electron chi connectivity index (χ2n) is 8.90. The number of nitrogen functional groups attached to an aromatic ring is 1. The van der Waals surface area contributed by atoms with Crippen molar-refractivity contribution in [2.45, 2.75) is 63.9 Å². The van der Waals surface area contributed by atoms with Crippen LogP contribution in [0, 0.1) is 5.82 Å². The number of ether oxygens (including phenoxy) is 2. The highest BCUT2D eigenvalue weighted by atomic mass is 31.2. The smallest absolute Gasteiger partial charge is 0.459 e. The zero-order valence-electron chi connectivity index (χ0n) is 20.6. The number of hydrogen-bond acceptors (Lipinski definition) is 11. The lowest BCUT2D eigenvalue weighted by Crippen LogP contribution is -2.46. The van der Waals surface area contributed by atoms with Gasteiger partial charge in [-0.05, 0) is 39.8 Å². The largest absolute Gasteiger partial charge is 0.462 e. The van der Waals surface area contributed by atoms with E-state index in [1.54, 1.807) is 32.0 Å². The van der Waals surface area contributed by atoms with Gasteiger partial charge < -0.3 is 29.9 Å². The van der Waals surface area contributed by atoms with Crippen molar-refractivity contribution in [1.82, 2.24) is 14.6 Å². The van der Waals surface area contributed by atoms with E-state index in [4.69, 9.17) is 24.3 Å². The van der Waals surface area contributed by atoms with Crippen molar-refractivity contribution >= 4 is 19.5 Å². The Morgan fingerprint density at radius 1 is 1.35 bits per heavy atom. The van der Waals surface area contributed by atoms with Gasteiger partial charge in [0.2, 0.25) is 0 Å². The molecule has 0 saturated carbocycles. The molecule has 0 spiro atoms. The van der Waals surface area contributed by atoms with Gasteiger partial charge in [-0.25, -0.2) is 13.8 Å². The van der Waals surface area contributed by atoms with E-state index < -0.39 is 73.8 Å². The highest BCUT2D eigenvalue weighted by molar-refractivity contribution is 7.52. The Bertz CT molecular complexity index is 1210. The fraction of sp³-hybridized carbons (Fsp3) is 0.500. The van der Waals surface area contributed by atoms with Crippen molar-refractivity contribution in [3.63, 3.8) is 0 Å². The van der Waals surface area contributed by atoms with Crippen LogP contribution in [0.5, 0.6) is 5.75 Å². The third-order valence-electron chi connectivity index (χ3n) is 5.38. The lowest BCUT2D eigenvalue weighted by Gasteiger charge is -2.27. The maximum absolute atomic E-state index is 14.0. The maximum atomic E-state index is 14.0. The van der Waals surface area contributed by atoms with Crippen LogP contribution in [0.25, 0.3) is 0 Å². The summed E-state index contributed by atoms with van der Waals surface area (Å²) < 4.78 is 49.9. The number of hydrogen-bond donors (Lipinski definition) is 4. The summed E-state index contributed by atoms with van der Waals surface area (Å²) in [6.07, 6.45) is -4.37. The molecular weight excluding hydrogens is 514 g/mol. The van der Waals surface area contributed by atoms with Crippen molar-refractivity contribution < 1.29 is 42.5 Å². The van der Waals surface area contributed by atoms with Gasteiger partial charge in [0.25, 0.3) is 0 Å². The molecule has 6 atom stereocenters. The molecule has 37 heavy (non-hydrogen) atoms. The molecule has 2 aromatic rings. The molecule has 0 aliphatic carbocycles. The first-order valence-electron chi connectivity index (χ1n) is 11.3. The monoisotopic (exact) mass is 544 g/mol. The average molecular weight is 544 g/mol. The summed E-state index contributed by atoms with van der Waals surface area (Å²) in [6, 6.07) is 6.84. The van der Waals surface area contributed by atoms with E-state index in [9.17, 15) is 28.8 Å². The van der Waals surface area contributed by atoms with E-state index in [0.29, 0.717) is 10.8 Å². The van der Waals surface area contributed by atoms with Crippen LogP contribution in [0.3, 0.4) is 0 Å². The van der Waals surface area contributed by atoms with Crippen LogP contribution in [0.1, 0.15) is 33.9 Å². The molecule has 13 nitrogen and oxygen atoms in total. The van der Waals surface area contributed by atoms with Crippen LogP contribution < -0.4 is 21.0 Å². The zero-order chi connectivity index (χ0) is 27.5. The van der Waals surface area contributed by atoms with E-state index in [1.165, 1.54) is 19.1 Å². The molecule has 2 heterocycles. The molecule has 1 aliphatic rings. The summed E-state index contributed by atoms with van der Waals surface area (Å²) in [5, 5.41) is 24.0. The van der Waals surface area contributed by atoms with E-state index >= 15 is 0 Å². The minimum atomic E-state index is -4.31. The maximum Gasteiger partial charge on any atom is 0.459 e. The molecule has 15 heteroatoms. The van der Waals surface area contributed by atoms with Gasteiger partial charge in [0, 0.05) is 0 Å². The minimum Gasteiger partial charge on any atom is -0.462 e. The van der Waals surface area contributed by atoms with Crippen LogP contribution in [-0.2, 0) is 23.4 Å². The van der Waals surface area contributed by atoms with Crippen LogP contribution >= 0.6 is 7.75 Å². The quantitative estimate of drug-likeness (QED) is 0.247. The second-order valence-corrected chi connectivity index (χ2v) is 10.6. The van der Waals surface area contributed by atoms with Crippen molar-refractivity contribution in [2.24, 2.45) is 0 Å². The zero-order valence-corrected chi connectivity index (χ0v) is 21.5. The highest BCUT2D eigenvalue weighted by Crippen LogP contribution is 2.47. The molecule has 1 aromatic heterocycles. The van der Waals surface area contributed by atoms with E-state index in [2.05, 4.69) is 10.1 Å².